The standard InChI is InChI=1S/C24H23F3N6S.C16H20N4.C8H4ClF3N2S/c1-33(23-22-21(30-13-31-23)9-19(34-22)10-24(25,26)27)18-4-3-16(8-18)29-12-14-2-5-20-15(6-14)7-17(11-28)32-20;1-18-13-3-4-14(8-13)19-10-11-2-5-16-12(6-11)7-15(9-17)20-16;9-7-6-5(13-3-14-7)1-4(15-6)2-8(10,11)12/h2,5-7,9,13,16,18,29,32H,3-4,8,10,12H2,1H3;2,5-7,13-14,18-20H,3-4,8,10H2,1H3;1,3H,2H2/t16-,18+;13-,14+;/m01./s1. The fraction of sp³-hybridized carbons (Fsp3) is 0.375. The number of halogens is 7. The molecule has 2 aliphatic rings. The molecule has 6 heterocycles. The van der Waals surface area contributed by atoms with Gasteiger partial charge in [0.2, 0.25) is 0 Å². The number of fused-ring (bicyclic) bond motifs is 4. The Labute approximate surface area is 406 Å². The number of aromatic amines is 2. The van der Waals surface area contributed by atoms with Gasteiger partial charge >= 0.3 is 12.4 Å². The maximum Gasteiger partial charge on any atom is 0.393 e. The summed E-state index contributed by atoms with van der Waals surface area (Å²) in [5.74, 6) is 0.695. The molecular weight excluding hydrogens is 958 g/mol. The lowest BCUT2D eigenvalue weighted by atomic mass is 10.1. The molecule has 2 aromatic carbocycles. The molecule has 0 saturated heterocycles. The Morgan fingerprint density at radius 3 is 1.71 bits per heavy atom. The van der Waals surface area contributed by atoms with E-state index in [1.807, 2.05) is 32.3 Å². The number of anilines is 1. The van der Waals surface area contributed by atoms with Gasteiger partial charge in [-0.15, -0.1) is 22.7 Å². The highest BCUT2D eigenvalue weighted by Gasteiger charge is 2.32. The molecule has 10 rings (SSSR count). The summed E-state index contributed by atoms with van der Waals surface area (Å²) in [6.45, 7) is 1.62. The second-order valence-electron chi connectivity index (χ2n) is 17.3. The van der Waals surface area contributed by atoms with Crippen LogP contribution in [0.25, 0.3) is 42.2 Å². The van der Waals surface area contributed by atoms with Crippen molar-refractivity contribution in [3.8, 4) is 12.1 Å². The lowest BCUT2D eigenvalue weighted by molar-refractivity contribution is -0.127. The van der Waals surface area contributed by atoms with Crippen molar-refractivity contribution in [2.45, 2.75) is 101 Å². The Bertz CT molecular complexity index is 3130. The number of rotatable bonds is 11. The predicted octanol–water partition coefficient (Wildman–Crippen LogP) is 11.0. The van der Waals surface area contributed by atoms with E-state index >= 15 is 0 Å². The van der Waals surface area contributed by atoms with Crippen LogP contribution in [0.2, 0.25) is 5.15 Å². The third-order valence-corrected chi connectivity index (χ3v) is 15.0. The molecule has 5 N–H and O–H groups in total. The van der Waals surface area contributed by atoms with Crippen molar-refractivity contribution in [3.63, 3.8) is 0 Å². The number of hydrogen-bond acceptors (Lipinski definition) is 12. The van der Waals surface area contributed by atoms with E-state index in [9.17, 15) is 26.3 Å². The maximum absolute atomic E-state index is 12.8. The zero-order valence-electron chi connectivity index (χ0n) is 37.4. The summed E-state index contributed by atoms with van der Waals surface area (Å²) in [6, 6.07) is 25.3. The van der Waals surface area contributed by atoms with Gasteiger partial charge in [0.1, 0.15) is 47.2 Å². The van der Waals surface area contributed by atoms with E-state index in [2.05, 4.69) is 93.2 Å². The van der Waals surface area contributed by atoms with Gasteiger partial charge in [-0.3, -0.25) is 0 Å². The van der Waals surface area contributed by atoms with Gasteiger partial charge in [-0.25, -0.2) is 19.9 Å². The summed E-state index contributed by atoms with van der Waals surface area (Å²) < 4.78 is 76.1. The van der Waals surface area contributed by atoms with Crippen molar-refractivity contribution in [3.05, 3.63) is 111 Å². The molecule has 2 fully saturated rings. The highest BCUT2D eigenvalue weighted by atomic mass is 35.5. The lowest BCUT2D eigenvalue weighted by Gasteiger charge is -2.26. The Kier molecular flexibility index (Phi) is 15.4. The number of aromatic nitrogens is 6. The van der Waals surface area contributed by atoms with Gasteiger partial charge in [-0.05, 0) is 105 Å². The highest BCUT2D eigenvalue weighted by molar-refractivity contribution is 7.20. The molecule has 6 aromatic heterocycles. The molecule has 0 aliphatic heterocycles. The first-order valence-corrected chi connectivity index (χ1v) is 24.2. The second kappa shape index (κ2) is 21.4. The van der Waals surface area contributed by atoms with Crippen LogP contribution < -0.4 is 20.9 Å². The first kappa shape index (κ1) is 49.5. The minimum absolute atomic E-state index is 0.193. The number of hydrogen-bond donors (Lipinski definition) is 5. The van der Waals surface area contributed by atoms with Gasteiger partial charge in [0.25, 0.3) is 0 Å². The van der Waals surface area contributed by atoms with Gasteiger partial charge in [0.15, 0.2) is 0 Å². The second-order valence-corrected chi connectivity index (χ2v) is 19.9. The Balaban J connectivity index is 0.000000155. The summed E-state index contributed by atoms with van der Waals surface area (Å²) in [7, 11) is 4.00. The van der Waals surface area contributed by atoms with E-state index in [4.69, 9.17) is 22.1 Å². The molecule has 12 nitrogen and oxygen atoms in total. The SMILES string of the molecule is CN(c1ncnc2cc(CC(F)(F)F)sc12)[C@@H]1CC[C@H](NCc2ccc3[nH]c(C#N)cc3c2)C1.CN[C@@H]1CC[C@H](NCc2ccc3[nH]c(C#N)cc3c2)C1.FC(F)(F)Cc1cc2ncnc(Cl)c2s1. The average molecular weight is 1010 g/mol. The number of nitrogens with one attached hydrogen (secondary N) is 5. The minimum atomic E-state index is -4.24. The van der Waals surface area contributed by atoms with Crippen molar-refractivity contribution in [1.82, 2.24) is 45.9 Å². The van der Waals surface area contributed by atoms with E-state index in [0.29, 0.717) is 55.8 Å². The van der Waals surface area contributed by atoms with Crippen molar-refractivity contribution in [1.29, 1.82) is 10.5 Å². The smallest absolute Gasteiger partial charge is 0.355 e. The Hall–Kier alpha value is -5.87. The van der Waals surface area contributed by atoms with Crippen LogP contribution >= 0.6 is 34.3 Å². The summed E-state index contributed by atoms with van der Waals surface area (Å²) in [6.07, 6.45) is -1.06. The van der Waals surface area contributed by atoms with Crippen LogP contribution in [-0.4, -0.2) is 80.5 Å². The molecule has 69 heavy (non-hydrogen) atoms. The molecule has 0 radical (unpaired) electrons. The molecule has 21 heteroatoms. The fourth-order valence-corrected chi connectivity index (χ4v) is 11.4. The summed E-state index contributed by atoms with van der Waals surface area (Å²) >= 11 is 7.82. The number of benzene rings is 2. The van der Waals surface area contributed by atoms with Gasteiger partial charge < -0.3 is 30.8 Å². The Morgan fingerprint density at radius 1 is 0.681 bits per heavy atom. The van der Waals surface area contributed by atoms with Gasteiger partial charge in [0.05, 0.1) is 33.3 Å². The zero-order valence-corrected chi connectivity index (χ0v) is 39.8. The van der Waals surface area contributed by atoms with Gasteiger partial charge in [0, 0.05) is 75.9 Å². The average Bonchev–Trinajstić information content (AvgIpc) is 4.18. The van der Waals surface area contributed by atoms with Crippen LogP contribution in [0, 0.1) is 22.7 Å². The maximum atomic E-state index is 12.8. The minimum Gasteiger partial charge on any atom is -0.355 e. The topological polar surface area (TPSA) is 170 Å². The fourth-order valence-electron chi connectivity index (χ4n) is 8.91. The molecule has 0 bridgehead atoms. The first-order chi connectivity index (χ1) is 33.0. The molecule has 8 aromatic rings. The van der Waals surface area contributed by atoms with Crippen molar-refractivity contribution < 1.29 is 26.3 Å². The highest BCUT2D eigenvalue weighted by Crippen LogP contribution is 2.37. The van der Waals surface area contributed by atoms with Crippen LogP contribution in [0.5, 0.6) is 0 Å². The van der Waals surface area contributed by atoms with Crippen molar-refractivity contribution in [2.24, 2.45) is 0 Å². The van der Waals surface area contributed by atoms with Crippen LogP contribution in [0.15, 0.2) is 73.3 Å². The number of nitrogens with zero attached hydrogens (tertiary/aromatic N) is 7. The molecule has 0 unspecified atom stereocenters. The van der Waals surface area contributed by atoms with E-state index in [1.54, 1.807) is 0 Å². The molecule has 2 aliphatic carbocycles. The predicted molar refractivity (Wildman–Crippen MR) is 259 cm³/mol. The first-order valence-electron chi connectivity index (χ1n) is 22.2. The lowest BCUT2D eigenvalue weighted by Crippen LogP contribution is -2.33. The van der Waals surface area contributed by atoms with Gasteiger partial charge in [-0.2, -0.15) is 36.9 Å². The van der Waals surface area contributed by atoms with E-state index in [-0.39, 0.29) is 20.9 Å². The number of H-pyrrole nitrogens is 2. The third-order valence-electron chi connectivity index (χ3n) is 12.3. The molecular formula is C48H47ClF6N12S2. The van der Waals surface area contributed by atoms with Crippen LogP contribution in [0.4, 0.5) is 32.2 Å². The zero-order chi connectivity index (χ0) is 48.9. The molecule has 0 spiro atoms. The molecule has 360 valence electrons. The normalized spacial score (nSPS) is 18.2. The quantitative estimate of drug-likeness (QED) is 0.0621. The number of nitriles is 2. The van der Waals surface area contributed by atoms with Crippen LogP contribution in [0.3, 0.4) is 0 Å². The largest absolute Gasteiger partial charge is 0.393 e. The summed E-state index contributed by atoms with van der Waals surface area (Å²) in [4.78, 5) is 24.8. The van der Waals surface area contributed by atoms with Crippen molar-refractivity contribution >= 4 is 82.3 Å². The monoisotopic (exact) mass is 1000 g/mol. The van der Waals surface area contributed by atoms with E-state index < -0.39 is 25.2 Å². The summed E-state index contributed by atoms with van der Waals surface area (Å²) in [5, 5.41) is 30.9. The van der Waals surface area contributed by atoms with Crippen LogP contribution in [0.1, 0.15) is 70.8 Å². The summed E-state index contributed by atoms with van der Waals surface area (Å²) in [5.41, 5.74) is 6.60. The molecule has 2 saturated carbocycles. The number of thiophene rings is 2. The molecule has 4 atom stereocenters. The van der Waals surface area contributed by atoms with Crippen LogP contribution in [-0.2, 0) is 25.9 Å². The third kappa shape index (κ3) is 12.9. The Morgan fingerprint density at radius 2 is 1.19 bits per heavy atom. The van der Waals surface area contributed by atoms with E-state index in [1.165, 1.54) is 49.6 Å². The van der Waals surface area contributed by atoms with Crippen molar-refractivity contribution in [2.75, 3.05) is 19.0 Å². The molecule has 0 amide bonds. The van der Waals surface area contributed by atoms with Gasteiger partial charge in [-0.1, -0.05) is 23.7 Å². The van der Waals surface area contributed by atoms with E-state index in [0.717, 1.165) is 82.4 Å². The number of alkyl halides is 6.